The van der Waals surface area contributed by atoms with E-state index in [4.69, 9.17) is 0 Å². The fourth-order valence-corrected chi connectivity index (χ4v) is 1.39. The minimum absolute atomic E-state index is 0.163. The number of rotatable bonds is 0. The van der Waals surface area contributed by atoms with Gasteiger partial charge in [-0.25, -0.2) is 4.89 Å². The lowest BCUT2D eigenvalue weighted by Crippen LogP contribution is -2.48. The van der Waals surface area contributed by atoms with Crippen molar-refractivity contribution in [3.63, 3.8) is 0 Å². The summed E-state index contributed by atoms with van der Waals surface area (Å²) in [7, 11) is 0. The number of hydrogen-bond donors (Lipinski definition) is 2. The highest BCUT2D eigenvalue weighted by molar-refractivity contribution is 5.86. The van der Waals surface area contributed by atoms with Gasteiger partial charge in [-0.15, -0.1) is 0 Å². The monoisotopic (exact) mass is 159 g/mol. The van der Waals surface area contributed by atoms with Gasteiger partial charge in [-0.05, 0) is 6.42 Å². The molecular formula is C6H9NO4. The van der Waals surface area contributed by atoms with Gasteiger partial charge in [0.25, 0.3) is 11.7 Å². The standard InChI is InChI=1S/C6H9NO4/c8-5-6(9)4(3-7-5)1-2-10-11-6/h4,9H,1-3H2,(H,7,8). The minimum Gasteiger partial charge on any atom is -0.356 e. The summed E-state index contributed by atoms with van der Waals surface area (Å²) in [5, 5.41) is 12.0. The summed E-state index contributed by atoms with van der Waals surface area (Å²) in [6, 6.07) is 0. The van der Waals surface area contributed by atoms with Crippen LogP contribution < -0.4 is 5.32 Å². The van der Waals surface area contributed by atoms with Crippen molar-refractivity contribution in [1.82, 2.24) is 5.32 Å². The van der Waals surface area contributed by atoms with E-state index >= 15 is 0 Å². The van der Waals surface area contributed by atoms with E-state index in [0.29, 0.717) is 19.6 Å². The van der Waals surface area contributed by atoms with E-state index in [1.54, 1.807) is 0 Å². The summed E-state index contributed by atoms with van der Waals surface area (Å²) in [5.41, 5.74) is 0. The molecule has 0 saturated carbocycles. The number of hydrogen-bond acceptors (Lipinski definition) is 4. The van der Waals surface area contributed by atoms with Crippen molar-refractivity contribution in [2.45, 2.75) is 12.2 Å². The van der Waals surface area contributed by atoms with Crippen molar-refractivity contribution in [3.8, 4) is 0 Å². The van der Waals surface area contributed by atoms with E-state index in [2.05, 4.69) is 15.1 Å². The summed E-state index contributed by atoms with van der Waals surface area (Å²) in [4.78, 5) is 20.1. The average Bonchev–Trinajstić information content (AvgIpc) is 2.29. The number of carbonyl (C=O) groups excluding carboxylic acids is 1. The highest BCUT2D eigenvalue weighted by Gasteiger charge is 2.53. The van der Waals surface area contributed by atoms with E-state index in [1.807, 2.05) is 0 Å². The Hall–Kier alpha value is -0.650. The van der Waals surface area contributed by atoms with Crippen molar-refractivity contribution in [2.24, 2.45) is 5.92 Å². The molecule has 2 aliphatic heterocycles. The summed E-state index contributed by atoms with van der Waals surface area (Å²) in [6.07, 6.45) is 0.648. The molecule has 0 aromatic heterocycles. The highest BCUT2D eigenvalue weighted by atomic mass is 17.2. The van der Waals surface area contributed by atoms with Gasteiger partial charge < -0.3 is 10.4 Å². The van der Waals surface area contributed by atoms with Gasteiger partial charge in [0.1, 0.15) is 0 Å². The van der Waals surface area contributed by atoms with Gasteiger partial charge >= 0.3 is 0 Å². The maximum absolute atomic E-state index is 11.0. The van der Waals surface area contributed by atoms with Crippen LogP contribution in [0.15, 0.2) is 0 Å². The van der Waals surface area contributed by atoms with Crippen LogP contribution in [0.1, 0.15) is 6.42 Å². The van der Waals surface area contributed by atoms with Crippen LogP contribution in [0.2, 0.25) is 0 Å². The van der Waals surface area contributed by atoms with Crippen molar-refractivity contribution < 1.29 is 19.7 Å². The number of amides is 1. The van der Waals surface area contributed by atoms with Gasteiger partial charge in [0.05, 0.1) is 6.61 Å². The third-order valence-corrected chi connectivity index (χ3v) is 2.12. The second kappa shape index (κ2) is 2.17. The molecule has 0 bridgehead atoms. The summed E-state index contributed by atoms with van der Waals surface area (Å²) >= 11 is 0. The van der Waals surface area contributed by atoms with Gasteiger partial charge in [0, 0.05) is 12.5 Å². The smallest absolute Gasteiger partial charge is 0.283 e. The van der Waals surface area contributed by atoms with E-state index in [-0.39, 0.29) is 5.92 Å². The van der Waals surface area contributed by atoms with E-state index in [9.17, 15) is 9.90 Å². The van der Waals surface area contributed by atoms with Crippen molar-refractivity contribution in [3.05, 3.63) is 0 Å². The summed E-state index contributed by atoms with van der Waals surface area (Å²) in [6.45, 7) is 0.903. The molecule has 0 aliphatic carbocycles. The predicted octanol–water partition coefficient (Wildman–Crippen LogP) is -1.23. The van der Waals surface area contributed by atoms with Crippen LogP contribution in [0.4, 0.5) is 0 Å². The highest BCUT2D eigenvalue weighted by Crippen LogP contribution is 2.30. The van der Waals surface area contributed by atoms with Gasteiger partial charge in [-0.2, -0.15) is 4.89 Å². The molecule has 2 saturated heterocycles. The molecule has 0 radical (unpaired) electrons. The number of aliphatic hydroxyl groups is 1. The molecule has 0 aromatic carbocycles. The molecular weight excluding hydrogens is 150 g/mol. The molecule has 5 heteroatoms. The van der Waals surface area contributed by atoms with Gasteiger partial charge in [0.2, 0.25) is 0 Å². The molecule has 2 rings (SSSR count). The Labute approximate surface area is 63.2 Å². The Balaban J connectivity index is 2.23. The Morgan fingerprint density at radius 1 is 1.73 bits per heavy atom. The second-order valence-corrected chi connectivity index (χ2v) is 2.80. The quantitative estimate of drug-likeness (QED) is 0.434. The van der Waals surface area contributed by atoms with E-state index in [1.165, 1.54) is 0 Å². The van der Waals surface area contributed by atoms with Crippen molar-refractivity contribution in [1.29, 1.82) is 0 Å². The number of carbonyl (C=O) groups is 1. The van der Waals surface area contributed by atoms with Crippen LogP contribution in [0, 0.1) is 5.92 Å². The normalized spacial score (nSPS) is 43.4. The second-order valence-electron chi connectivity index (χ2n) is 2.80. The van der Waals surface area contributed by atoms with Gasteiger partial charge in [0.15, 0.2) is 0 Å². The molecule has 2 heterocycles. The largest absolute Gasteiger partial charge is 0.356 e. The van der Waals surface area contributed by atoms with Crippen LogP contribution in [0.3, 0.4) is 0 Å². The SMILES string of the molecule is O=C1NCC2CCOOC12O. The lowest BCUT2D eigenvalue weighted by atomic mass is 9.98. The molecule has 5 nitrogen and oxygen atoms in total. The average molecular weight is 159 g/mol. The molecule has 1 amide bonds. The Bertz CT molecular complexity index is 195. The first-order valence-electron chi connectivity index (χ1n) is 3.55. The topological polar surface area (TPSA) is 67.8 Å². The molecule has 2 atom stereocenters. The molecule has 2 aliphatic rings. The number of nitrogens with one attached hydrogen (secondary N) is 1. The zero-order valence-corrected chi connectivity index (χ0v) is 5.87. The predicted molar refractivity (Wildman–Crippen MR) is 33.1 cm³/mol. The molecule has 62 valence electrons. The Kier molecular flexibility index (Phi) is 1.38. The van der Waals surface area contributed by atoms with Crippen LogP contribution in [-0.2, 0) is 14.6 Å². The van der Waals surface area contributed by atoms with Crippen LogP contribution in [0.5, 0.6) is 0 Å². The first kappa shape index (κ1) is 7.02. The third-order valence-electron chi connectivity index (χ3n) is 2.12. The van der Waals surface area contributed by atoms with E-state index < -0.39 is 11.7 Å². The van der Waals surface area contributed by atoms with E-state index in [0.717, 1.165) is 0 Å². The van der Waals surface area contributed by atoms with Crippen molar-refractivity contribution >= 4 is 5.91 Å². The van der Waals surface area contributed by atoms with Gasteiger partial charge in [-0.3, -0.25) is 4.79 Å². The lowest BCUT2D eigenvalue weighted by molar-refractivity contribution is -0.433. The lowest BCUT2D eigenvalue weighted by Gasteiger charge is -2.29. The maximum atomic E-state index is 11.0. The fraction of sp³-hybridized carbons (Fsp3) is 0.833. The molecule has 2 fully saturated rings. The Morgan fingerprint density at radius 3 is 3.27 bits per heavy atom. The molecule has 2 N–H and O–H groups in total. The zero-order chi connectivity index (χ0) is 7.90. The Morgan fingerprint density at radius 2 is 2.55 bits per heavy atom. The fourth-order valence-electron chi connectivity index (χ4n) is 1.39. The van der Waals surface area contributed by atoms with Gasteiger partial charge in [-0.1, -0.05) is 0 Å². The minimum atomic E-state index is -1.72. The summed E-state index contributed by atoms with van der Waals surface area (Å²) in [5.74, 6) is -2.39. The first-order valence-corrected chi connectivity index (χ1v) is 3.55. The van der Waals surface area contributed by atoms with Crippen molar-refractivity contribution in [2.75, 3.05) is 13.2 Å². The molecule has 0 aromatic rings. The molecule has 11 heavy (non-hydrogen) atoms. The number of fused-ring (bicyclic) bond motifs is 1. The molecule has 2 unspecified atom stereocenters. The maximum Gasteiger partial charge on any atom is 0.283 e. The molecule has 0 spiro atoms. The van der Waals surface area contributed by atoms with Crippen LogP contribution >= 0.6 is 0 Å². The van der Waals surface area contributed by atoms with Crippen LogP contribution in [-0.4, -0.2) is 30.0 Å². The third kappa shape index (κ3) is 0.852. The zero-order valence-electron chi connectivity index (χ0n) is 5.87. The van der Waals surface area contributed by atoms with Crippen LogP contribution in [0.25, 0.3) is 0 Å². The first-order chi connectivity index (χ1) is 5.23. The summed E-state index contributed by atoms with van der Waals surface area (Å²) < 4.78 is 0.